The van der Waals surface area contributed by atoms with E-state index in [1.54, 1.807) is 0 Å². The van der Waals surface area contributed by atoms with Crippen LogP contribution in [-0.4, -0.2) is 25.3 Å². The zero-order valence-corrected chi connectivity index (χ0v) is 6.05. The van der Waals surface area contributed by atoms with Gasteiger partial charge < -0.3 is 4.79 Å². The summed E-state index contributed by atoms with van der Waals surface area (Å²) in [5, 5.41) is 0. The summed E-state index contributed by atoms with van der Waals surface area (Å²) in [7, 11) is 0. The van der Waals surface area contributed by atoms with E-state index < -0.39 is 25.4 Å². The van der Waals surface area contributed by atoms with Gasteiger partial charge in [0.1, 0.15) is 6.29 Å². The normalized spacial score (nSPS) is 11.6. The van der Waals surface area contributed by atoms with Crippen LogP contribution in [0.25, 0.3) is 0 Å². The van der Waals surface area contributed by atoms with Crippen molar-refractivity contribution in [2.24, 2.45) is 0 Å². The highest BCUT2D eigenvalue weighted by atomic mass is 19.4. The maximum absolute atomic E-state index is 10.8. The van der Waals surface area contributed by atoms with E-state index in [1.165, 1.54) is 0 Å². The average molecular weight is 214 g/mol. The Labute approximate surface area is 68.5 Å². The average Bonchev–Trinajstić information content (AvgIpc) is 1.84. The van der Waals surface area contributed by atoms with Crippen molar-refractivity contribution in [3.05, 3.63) is 0 Å². The zero-order valence-electron chi connectivity index (χ0n) is 6.05. The van der Waals surface area contributed by atoms with Crippen LogP contribution in [0, 0.1) is 0 Å². The van der Waals surface area contributed by atoms with Crippen LogP contribution in [0.1, 0.15) is 6.42 Å². The van der Waals surface area contributed by atoms with E-state index in [0.29, 0.717) is 0 Å². The molecule has 0 bridgehead atoms. The Kier molecular flexibility index (Phi) is 6.51. The summed E-state index contributed by atoms with van der Waals surface area (Å²) in [5.74, 6) is 0. The molecule has 0 amide bonds. The van der Waals surface area contributed by atoms with Gasteiger partial charge in [0.05, 0.1) is 6.42 Å². The summed E-state index contributed by atoms with van der Waals surface area (Å²) >= 11 is 0. The largest absolute Gasteiger partial charge is 0.416 e. The van der Waals surface area contributed by atoms with Gasteiger partial charge in [-0.1, -0.05) is 0 Å². The number of carbonyl (C=O) groups excluding carboxylic acids is 1. The monoisotopic (exact) mass is 214 g/mol. The number of rotatable bonds is 1. The van der Waals surface area contributed by atoms with Crippen LogP contribution in [0.5, 0.6) is 0 Å². The van der Waals surface area contributed by atoms with E-state index in [-0.39, 0.29) is 6.29 Å². The van der Waals surface area contributed by atoms with Crippen LogP contribution in [0.3, 0.4) is 0 Å². The first kappa shape index (κ1) is 14.7. The van der Waals surface area contributed by atoms with Gasteiger partial charge in [0.15, 0.2) is 6.67 Å². The summed E-state index contributed by atoms with van der Waals surface area (Å²) in [4.78, 5) is 9.10. The number of hydrogen-bond donors (Lipinski definition) is 0. The molecular formula is C5H5F7O. The smallest absolute Gasteiger partial charge is 0.303 e. The molecule has 0 saturated carbocycles. The molecule has 0 aromatic heterocycles. The van der Waals surface area contributed by atoms with Crippen molar-refractivity contribution in [3.63, 3.8) is 0 Å². The van der Waals surface area contributed by atoms with E-state index in [1.807, 2.05) is 0 Å². The Balaban J connectivity index is 0. The van der Waals surface area contributed by atoms with Gasteiger partial charge in [0, 0.05) is 0 Å². The number of halogens is 7. The topological polar surface area (TPSA) is 17.1 Å². The molecule has 0 fully saturated rings. The predicted molar refractivity (Wildman–Crippen MR) is 28.8 cm³/mol. The third kappa shape index (κ3) is 24.7. The molecule has 0 aliphatic rings. The lowest BCUT2D eigenvalue weighted by Crippen LogP contribution is -2.08. The highest BCUT2D eigenvalue weighted by molar-refractivity contribution is 5.50. The third-order valence-corrected chi connectivity index (χ3v) is 0.466. The first-order valence-corrected chi connectivity index (χ1v) is 2.75. The van der Waals surface area contributed by atoms with Crippen LogP contribution in [-0.2, 0) is 4.79 Å². The van der Waals surface area contributed by atoms with Crippen LogP contribution in [0.4, 0.5) is 30.7 Å². The van der Waals surface area contributed by atoms with Gasteiger partial charge in [-0.3, -0.25) is 0 Å². The highest BCUT2D eigenvalue weighted by Gasteiger charge is 2.26. The second-order valence-corrected chi connectivity index (χ2v) is 1.73. The van der Waals surface area contributed by atoms with Crippen LogP contribution in [0.2, 0.25) is 0 Å². The lowest BCUT2D eigenvalue weighted by atomic mass is 10.5. The molecule has 1 nitrogen and oxygen atoms in total. The van der Waals surface area contributed by atoms with Gasteiger partial charge in [0.25, 0.3) is 0 Å². The Hall–Kier alpha value is -0.820. The number of alkyl halides is 7. The second kappa shape index (κ2) is 5.76. The molecule has 0 aromatic rings. The van der Waals surface area contributed by atoms with Gasteiger partial charge in [-0.15, -0.1) is 0 Å². The third-order valence-electron chi connectivity index (χ3n) is 0.466. The number of hydrogen-bond acceptors (Lipinski definition) is 1. The first-order valence-electron chi connectivity index (χ1n) is 2.75. The molecule has 0 atom stereocenters. The van der Waals surface area contributed by atoms with Crippen molar-refractivity contribution in [3.8, 4) is 0 Å². The maximum atomic E-state index is 10.8. The second-order valence-electron chi connectivity index (χ2n) is 1.73. The lowest BCUT2D eigenvalue weighted by molar-refractivity contribution is -0.144. The standard InChI is InChI=1S/C3H3F3O.C2H2F4/c4-3(5,6)1-2-7;3-1-2(4,5)6/h2H,1H2;1H2. The Morgan fingerprint density at radius 1 is 0.923 bits per heavy atom. The van der Waals surface area contributed by atoms with Gasteiger partial charge >= 0.3 is 12.4 Å². The van der Waals surface area contributed by atoms with Crippen LogP contribution < -0.4 is 0 Å². The number of carbonyl (C=O) groups is 1. The molecule has 13 heavy (non-hydrogen) atoms. The molecule has 0 spiro atoms. The molecule has 0 unspecified atom stereocenters. The fourth-order valence-corrected chi connectivity index (χ4v) is 0.0945. The summed E-state index contributed by atoms with van der Waals surface area (Å²) in [6.07, 6.45) is -10.4. The summed E-state index contributed by atoms with van der Waals surface area (Å²) in [5.41, 5.74) is 0. The van der Waals surface area contributed by atoms with E-state index in [2.05, 4.69) is 0 Å². The van der Waals surface area contributed by atoms with Gasteiger partial charge in [-0.05, 0) is 0 Å². The van der Waals surface area contributed by atoms with Gasteiger partial charge in [-0.2, -0.15) is 26.3 Å². The van der Waals surface area contributed by atoms with E-state index in [4.69, 9.17) is 4.79 Å². The molecule has 0 aliphatic heterocycles. The Bertz CT molecular complexity index is 135. The van der Waals surface area contributed by atoms with Gasteiger partial charge in [-0.25, -0.2) is 4.39 Å². The van der Waals surface area contributed by atoms with E-state index in [0.717, 1.165) is 0 Å². The molecule has 0 aliphatic carbocycles. The fourth-order valence-electron chi connectivity index (χ4n) is 0.0945. The van der Waals surface area contributed by atoms with Crippen molar-refractivity contribution in [2.45, 2.75) is 18.8 Å². The maximum Gasteiger partial charge on any atom is 0.416 e. The van der Waals surface area contributed by atoms with Crippen molar-refractivity contribution in [1.82, 2.24) is 0 Å². The highest BCUT2D eigenvalue weighted by Crippen LogP contribution is 2.16. The summed E-state index contributed by atoms with van der Waals surface area (Å²) in [6.45, 7) is -2.23. The minimum atomic E-state index is -4.62. The molecule has 0 aromatic carbocycles. The van der Waals surface area contributed by atoms with Crippen molar-refractivity contribution in [1.29, 1.82) is 0 Å². The minimum absolute atomic E-state index is 0.167. The minimum Gasteiger partial charge on any atom is -0.303 e. The van der Waals surface area contributed by atoms with Crippen molar-refractivity contribution in [2.75, 3.05) is 6.67 Å². The van der Waals surface area contributed by atoms with E-state index in [9.17, 15) is 30.7 Å². The van der Waals surface area contributed by atoms with Crippen molar-refractivity contribution < 1.29 is 35.5 Å². The number of aldehydes is 1. The molecular weight excluding hydrogens is 209 g/mol. The SMILES string of the molecule is FCC(F)(F)F.O=CCC(F)(F)F. The quantitative estimate of drug-likeness (QED) is 0.484. The molecule has 0 N–H and O–H groups in total. The molecule has 0 radical (unpaired) electrons. The Morgan fingerprint density at radius 2 is 1.23 bits per heavy atom. The van der Waals surface area contributed by atoms with Gasteiger partial charge in [0.2, 0.25) is 0 Å². The molecule has 0 rings (SSSR count). The molecule has 0 saturated heterocycles. The van der Waals surface area contributed by atoms with Crippen LogP contribution >= 0.6 is 0 Å². The molecule has 0 heterocycles. The zero-order chi connectivity index (χ0) is 11.1. The molecule has 8 heteroatoms. The summed E-state index contributed by atoms with van der Waals surface area (Å²) in [6, 6.07) is 0. The molecule has 80 valence electrons. The summed E-state index contributed by atoms with van der Waals surface area (Å²) < 4.78 is 74.1. The lowest BCUT2D eigenvalue weighted by Gasteiger charge is -1.95. The van der Waals surface area contributed by atoms with E-state index >= 15 is 0 Å². The van der Waals surface area contributed by atoms with Crippen molar-refractivity contribution >= 4 is 6.29 Å². The first-order chi connectivity index (χ1) is 5.62. The Morgan fingerprint density at radius 3 is 1.23 bits per heavy atom. The predicted octanol–water partition coefficient (Wildman–Crippen LogP) is 2.66. The van der Waals surface area contributed by atoms with Crippen LogP contribution in [0.15, 0.2) is 0 Å². The fraction of sp³-hybridized carbons (Fsp3) is 0.800.